The van der Waals surface area contributed by atoms with E-state index in [1.165, 1.54) is 5.56 Å². The molecule has 0 saturated heterocycles. The summed E-state index contributed by atoms with van der Waals surface area (Å²) in [5.41, 5.74) is 9.59. The first-order valence-corrected chi connectivity index (χ1v) is 6.58. The molecular formula is C16H21NO2. The van der Waals surface area contributed by atoms with Gasteiger partial charge in [-0.25, -0.2) is 0 Å². The van der Waals surface area contributed by atoms with Gasteiger partial charge in [-0.1, -0.05) is 17.7 Å². The van der Waals surface area contributed by atoms with Crippen LogP contribution in [0.15, 0.2) is 28.7 Å². The largest absolute Gasteiger partial charge is 0.494 e. The molecule has 0 aliphatic heterocycles. The van der Waals surface area contributed by atoms with E-state index in [-0.39, 0.29) is 6.04 Å². The second kappa shape index (κ2) is 5.49. The SMILES string of the molecule is CCOc1ccc(C)cc1C(N)c1cc(C)oc1C. The molecule has 1 aromatic heterocycles. The Bertz CT molecular complexity index is 572. The van der Waals surface area contributed by atoms with Crippen LogP contribution in [-0.2, 0) is 0 Å². The van der Waals surface area contributed by atoms with Crippen molar-refractivity contribution < 1.29 is 9.15 Å². The summed E-state index contributed by atoms with van der Waals surface area (Å²) in [5.74, 6) is 2.60. The molecule has 0 bridgehead atoms. The molecule has 3 heteroatoms. The van der Waals surface area contributed by atoms with Gasteiger partial charge in [0.25, 0.3) is 0 Å². The summed E-state index contributed by atoms with van der Waals surface area (Å²) in [6, 6.07) is 7.87. The molecule has 1 atom stereocenters. The number of hydrogen-bond acceptors (Lipinski definition) is 3. The third kappa shape index (κ3) is 2.82. The molecule has 0 amide bonds. The van der Waals surface area contributed by atoms with E-state index in [0.29, 0.717) is 6.61 Å². The molecule has 2 aromatic rings. The Labute approximate surface area is 114 Å². The topological polar surface area (TPSA) is 48.4 Å². The van der Waals surface area contributed by atoms with Crippen molar-refractivity contribution in [2.24, 2.45) is 5.73 Å². The Morgan fingerprint density at radius 2 is 1.89 bits per heavy atom. The normalized spacial score (nSPS) is 12.5. The van der Waals surface area contributed by atoms with E-state index < -0.39 is 0 Å². The third-order valence-electron chi connectivity index (χ3n) is 3.21. The van der Waals surface area contributed by atoms with Crippen LogP contribution in [0, 0.1) is 20.8 Å². The summed E-state index contributed by atoms with van der Waals surface area (Å²) in [6.07, 6.45) is 0. The smallest absolute Gasteiger partial charge is 0.124 e. The average Bonchev–Trinajstić information content (AvgIpc) is 2.70. The highest BCUT2D eigenvalue weighted by atomic mass is 16.5. The number of ether oxygens (including phenoxy) is 1. The molecule has 1 unspecified atom stereocenters. The minimum atomic E-state index is -0.223. The maximum atomic E-state index is 6.39. The molecule has 0 spiro atoms. The third-order valence-corrected chi connectivity index (χ3v) is 3.21. The van der Waals surface area contributed by atoms with Gasteiger partial charge >= 0.3 is 0 Å². The monoisotopic (exact) mass is 259 g/mol. The summed E-state index contributed by atoms with van der Waals surface area (Å²) in [5, 5.41) is 0. The molecule has 0 aliphatic carbocycles. The molecule has 102 valence electrons. The summed E-state index contributed by atoms with van der Waals surface area (Å²) >= 11 is 0. The highest BCUT2D eigenvalue weighted by Gasteiger charge is 2.19. The Morgan fingerprint density at radius 1 is 1.16 bits per heavy atom. The second-order valence-corrected chi connectivity index (χ2v) is 4.82. The zero-order valence-corrected chi connectivity index (χ0v) is 12.0. The highest BCUT2D eigenvalue weighted by molar-refractivity contribution is 5.44. The van der Waals surface area contributed by atoms with Gasteiger partial charge in [0.2, 0.25) is 0 Å². The van der Waals surface area contributed by atoms with E-state index in [1.54, 1.807) is 0 Å². The Morgan fingerprint density at radius 3 is 2.47 bits per heavy atom. The summed E-state index contributed by atoms with van der Waals surface area (Å²) < 4.78 is 11.2. The first kappa shape index (κ1) is 13.7. The molecule has 3 nitrogen and oxygen atoms in total. The highest BCUT2D eigenvalue weighted by Crippen LogP contribution is 2.32. The van der Waals surface area contributed by atoms with Crippen LogP contribution >= 0.6 is 0 Å². The number of furan rings is 1. The van der Waals surface area contributed by atoms with Crippen LogP contribution < -0.4 is 10.5 Å². The van der Waals surface area contributed by atoms with Crippen LogP contribution in [-0.4, -0.2) is 6.61 Å². The van der Waals surface area contributed by atoms with E-state index in [0.717, 1.165) is 28.4 Å². The fourth-order valence-corrected chi connectivity index (χ4v) is 2.32. The summed E-state index contributed by atoms with van der Waals surface area (Å²) in [6.45, 7) is 8.54. The van der Waals surface area contributed by atoms with E-state index in [2.05, 4.69) is 13.0 Å². The standard InChI is InChI=1S/C16H21NO2/c1-5-18-15-7-6-10(2)8-14(15)16(17)13-9-11(3)19-12(13)4/h6-9,16H,5,17H2,1-4H3. The molecule has 1 heterocycles. The minimum absolute atomic E-state index is 0.223. The van der Waals surface area contributed by atoms with Gasteiger partial charge in [0.1, 0.15) is 17.3 Å². The molecule has 0 radical (unpaired) electrons. The van der Waals surface area contributed by atoms with E-state index in [4.69, 9.17) is 14.9 Å². The van der Waals surface area contributed by atoms with Crippen LogP contribution in [0.4, 0.5) is 0 Å². The van der Waals surface area contributed by atoms with Gasteiger partial charge in [0, 0.05) is 11.1 Å². The Kier molecular flexibility index (Phi) is 3.96. The number of nitrogens with two attached hydrogens (primary N) is 1. The van der Waals surface area contributed by atoms with Gasteiger partial charge in [-0.2, -0.15) is 0 Å². The van der Waals surface area contributed by atoms with Crippen molar-refractivity contribution in [2.75, 3.05) is 6.61 Å². The molecular weight excluding hydrogens is 238 g/mol. The van der Waals surface area contributed by atoms with Crippen molar-refractivity contribution in [1.29, 1.82) is 0 Å². The molecule has 0 aliphatic rings. The second-order valence-electron chi connectivity index (χ2n) is 4.82. The number of aryl methyl sites for hydroxylation is 3. The minimum Gasteiger partial charge on any atom is -0.494 e. The number of benzene rings is 1. The lowest BCUT2D eigenvalue weighted by molar-refractivity contribution is 0.335. The van der Waals surface area contributed by atoms with E-state index in [1.807, 2.05) is 39.0 Å². The average molecular weight is 259 g/mol. The molecule has 0 fully saturated rings. The zero-order valence-electron chi connectivity index (χ0n) is 12.0. The molecule has 0 saturated carbocycles. The summed E-state index contributed by atoms with van der Waals surface area (Å²) in [4.78, 5) is 0. The van der Waals surface area contributed by atoms with Gasteiger partial charge in [-0.3, -0.25) is 0 Å². The van der Waals surface area contributed by atoms with Crippen LogP contribution in [0.1, 0.15) is 41.2 Å². The van der Waals surface area contributed by atoms with Crippen LogP contribution in [0.25, 0.3) is 0 Å². The van der Waals surface area contributed by atoms with Gasteiger partial charge in [0.15, 0.2) is 0 Å². The first-order chi connectivity index (χ1) is 9.02. The van der Waals surface area contributed by atoms with E-state index >= 15 is 0 Å². The fraction of sp³-hybridized carbons (Fsp3) is 0.375. The van der Waals surface area contributed by atoms with Gasteiger partial charge in [-0.15, -0.1) is 0 Å². The number of rotatable bonds is 4. The van der Waals surface area contributed by atoms with Gasteiger partial charge < -0.3 is 14.9 Å². The quantitative estimate of drug-likeness (QED) is 0.911. The van der Waals surface area contributed by atoms with Crippen molar-refractivity contribution >= 4 is 0 Å². The lowest BCUT2D eigenvalue weighted by Crippen LogP contribution is -2.14. The van der Waals surface area contributed by atoms with Gasteiger partial charge in [0.05, 0.1) is 12.6 Å². The first-order valence-electron chi connectivity index (χ1n) is 6.58. The van der Waals surface area contributed by atoms with Crippen LogP contribution in [0.2, 0.25) is 0 Å². The van der Waals surface area contributed by atoms with Gasteiger partial charge in [-0.05, 0) is 39.8 Å². The maximum absolute atomic E-state index is 6.39. The van der Waals surface area contributed by atoms with Crippen molar-refractivity contribution in [3.05, 3.63) is 52.5 Å². The molecule has 19 heavy (non-hydrogen) atoms. The predicted octanol–water partition coefficient (Wildman–Crippen LogP) is 3.65. The van der Waals surface area contributed by atoms with E-state index in [9.17, 15) is 0 Å². The van der Waals surface area contributed by atoms with Crippen LogP contribution in [0.5, 0.6) is 5.75 Å². The Hall–Kier alpha value is -1.74. The van der Waals surface area contributed by atoms with Crippen molar-refractivity contribution in [3.63, 3.8) is 0 Å². The molecule has 2 rings (SSSR count). The maximum Gasteiger partial charge on any atom is 0.124 e. The summed E-state index contributed by atoms with van der Waals surface area (Å²) in [7, 11) is 0. The van der Waals surface area contributed by atoms with Crippen molar-refractivity contribution in [2.45, 2.75) is 33.7 Å². The lowest BCUT2D eigenvalue weighted by atomic mass is 9.97. The Balaban J connectivity index is 2.45. The number of hydrogen-bond donors (Lipinski definition) is 1. The van der Waals surface area contributed by atoms with Crippen molar-refractivity contribution in [1.82, 2.24) is 0 Å². The van der Waals surface area contributed by atoms with Crippen LogP contribution in [0.3, 0.4) is 0 Å². The molecule has 2 N–H and O–H groups in total. The fourth-order valence-electron chi connectivity index (χ4n) is 2.32. The van der Waals surface area contributed by atoms with Crippen molar-refractivity contribution in [3.8, 4) is 5.75 Å². The molecule has 1 aromatic carbocycles. The predicted molar refractivity (Wildman–Crippen MR) is 76.6 cm³/mol. The lowest BCUT2D eigenvalue weighted by Gasteiger charge is -2.17. The zero-order chi connectivity index (χ0) is 14.0.